The quantitative estimate of drug-likeness (QED) is 0.0486. The molecule has 0 saturated heterocycles. The number of hydrogen-bond acceptors (Lipinski definition) is 6. The van der Waals surface area contributed by atoms with Gasteiger partial charge in [0.15, 0.2) is 0 Å². The molecule has 352 valence electrons. The average Bonchev–Trinajstić information content (AvgIpc) is 3.24. The first-order chi connectivity index (χ1) is 29.0. The van der Waals surface area contributed by atoms with Crippen LogP contribution in [0.5, 0.6) is 0 Å². The van der Waals surface area contributed by atoms with Crippen molar-refractivity contribution in [3.63, 3.8) is 0 Å². The minimum Gasteiger partial charge on any atom is -0.465 e. The molecule has 0 spiro atoms. The molecule has 0 aliphatic carbocycles. The maximum absolute atomic E-state index is 13.0. The minimum absolute atomic E-state index is 0.0716. The van der Waals surface area contributed by atoms with Gasteiger partial charge in [0.25, 0.3) is 0 Å². The summed E-state index contributed by atoms with van der Waals surface area (Å²) in [4.78, 5) is 28.6. The lowest BCUT2D eigenvalue weighted by Crippen LogP contribution is -2.27. The van der Waals surface area contributed by atoms with Gasteiger partial charge in [-0.1, -0.05) is 207 Å². The molecule has 0 saturated carbocycles. The van der Waals surface area contributed by atoms with Crippen molar-refractivity contribution >= 4 is 11.9 Å². The van der Waals surface area contributed by atoms with E-state index in [0.29, 0.717) is 19.8 Å². The van der Waals surface area contributed by atoms with Crippen LogP contribution >= 0.6 is 0 Å². The van der Waals surface area contributed by atoms with Gasteiger partial charge in [-0.15, -0.1) is 0 Å². The fourth-order valence-electron chi connectivity index (χ4n) is 8.57. The van der Waals surface area contributed by atoms with E-state index in [-0.39, 0.29) is 23.8 Å². The van der Waals surface area contributed by atoms with Crippen LogP contribution in [0.3, 0.4) is 0 Å². The molecule has 6 heteroatoms. The molecule has 0 heterocycles. The van der Waals surface area contributed by atoms with Crippen LogP contribution in [-0.2, 0) is 19.1 Å². The van der Waals surface area contributed by atoms with Crippen molar-refractivity contribution in [2.45, 2.75) is 278 Å². The van der Waals surface area contributed by atoms with E-state index in [0.717, 1.165) is 96.4 Å². The molecule has 0 amide bonds. The van der Waals surface area contributed by atoms with Gasteiger partial charge >= 0.3 is 11.9 Å². The van der Waals surface area contributed by atoms with E-state index in [1.165, 1.54) is 174 Å². The molecule has 59 heavy (non-hydrogen) atoms. The van der Waals surface area contributed by atoms with Gasteiger partial charge < -0.3 is 19.5 Å². The smallest absolute Gasteiger partial charge is 0.308 e. The first-order valence-electron chi connectivity index (χ1n) is 26.7. The monoisotopic (exact) mass is 836 g/mol. The molecule has 0 aliphatic rings. The lowest BCUT2D eigenvalue weighted by atomic mass is 9.94. The molecule has 2 unspecified atom stereocenters. The summed E-state index contributed by atoms with van der Waals surface area (Å²) in [5, 5.41) is 9.25. The first kappa shape index (κ1) is 57.9. The van der Waals surface area contributed by atoms with Crippen molar-refractivity contribution in [3.05, 3.63) is 0 Å². The largest absolute Gasteiger partial charge is 0.465 e. The number of ether oxygens (including phenoxy) is 2. The maximum Gasteiger partial charge on any atom is 0.308 e. The number of aliphatic hydroxyl groups is 1. The van der Waals surface area contributed by atoms with Crippen LogP contribution < -0.4 is 0 Å². The Morgan fingerprint density at radius 3 is 0.932 bits per heavy atom. The number of carbonyl (C=O) groups excluding carboxylic acids is 2. The number of unbranched alkanes of at least 4 members (excludes halogenated alkanes) is 28. The second-order valence-corrected chi connectivity index (χ2v) is 18.4. The number of esters is 2. The second kappa shape index (κ2) is 47.9. The SMILES string of the molecule is CCCCCCCCC(CCCCCC)C(=O)OCCCCCCCCN(CCCCCO)CCCCCCCCOC(=O)C(CCCCCC)CCCCCCCC. The summed E-state index contributed by atoms with van der Waals surface area (Å²) in [6.45, 7) is 14.0. The third-order valence-corrected chi connectivity index (χ3v) is 12.6. The molecule has 2 atom stereocenters. The van der Waals surface area contributed by atoms with Crippen molar-refractivity contribution in [1.29, 1.82) is 0 Å². The van der Waals surface area contributed by atoms with E-state index in [2.05, 4.69) is 32.6 Å². The molecule has 1 N–H and O–H groups in total. The summed E-state index contributed by atoms with van der Waals surface area (Å²) in [6.07, 6.45) is 46.6. The van der Waals surface area contributed by atoms with Crippen LogP contribution in [0.4, 0.5) is 0 Å². The molecule has 0 radical (unpaired) electrons. The van der Waals surface area contributed by atoms with Gasteiger partial charge in [-0.25, -0.2) is 0 Å². The van der Waals surface area contributed by atoms with Crippen LogP contribution in [0.25, 0.3) is 0 Å². The molecule has 0 aromatic carbocycles. The van der Waals surface area contributed by atoms with E-state index in [9.17, 15) is 14.7 Å². The highest BCUT2D eigenvalue weighted by molar-refractivity contribution is 5.72. The molecule has 6 nitrogen and oxygen atoms in total. The summed E-state index contributed by atoms with van der Waals surface area (Å²) in [7, 11) is 0. The van der Waals surface area contributed by atoms with E-state index in [1.54, 1.807) is 0 Å². The number of aliphatic hydroxyl groups excluding tert-OH is 1. The minimum atomic E-state index is 0.0716. The predicted molar refractivity (Wildman–Crippen MR) is 255 cm³/mol. The normalized spacial score (nSPS) is 12.6. The van der Waals surface area contributed by atoms with Gasteiger partial charge in [-0.3, -0.25) is 9.59 Å². The van der Waals surface area contributed by atoms with Gasteiger partial charge in [0.2, 0.25) is 0 Å². The zero-order valence-electron chi connectivity index (χ0n) is 40.5. The van der Waals surface area contributed by atoms with Crippen molar-refractivity contribution in [1.82, 2.24) is 4.90 Å². The third-order valence-electron chi connectivity index (χ3n) is 12.6. The summed E-state index contributed by atoms with van der Waals surface area (Å²) in [5.41, 5.74) is 0. The second-order valence-electron chi connectivity index (χ2n) is 18.4. The predicted octanol–water partition coefficient (Wildman–Crippen LogP) is 15.9. The van der Waals surface area contributed by atoms with E-state index in [1.807, 2.05) is 0 Å². The lowest BCUT2D eigenvalue weighted by Gasteiger charge is -2.22. The van der Waals surface area contributed by atoms with Crippen LogP contribution in [0.1, 0.15) is 278 Å². The Morgan fingerprint density at radius 2 is 0.610 bits per heavy atom. The Bertz CT molecular complexity index is 790. The summed E-state index contributed by atoms with van der Waals surface area (Å²) in [5.74, 6) is 0.356. The lowest BCUT2D eigenvalue weighted by molar-refractivity contribution is -0.150. The average molecular weight is 836 g/mol. The van der Waals surface area contributed by atoms with Crippen LogP contribution in [-0.4, -0.2) is 61.4 Å². The van der Waals surface area contributed by atoms with Crippen molar-refractivity contribution in [2.24, 2.45) is 11.8 Å². The summed E-state index contributed by atoms with van der Waals surface area (Å²) < 4.78 is 11.7. The van der Waals surface area contributed by atoms with Crippen molar-refractivity contribution in [3.8, 4) is 0 Å². The Morgan fingerprint density at radius 1 is 0.356 bits per heavy atom. The fraction of sp³-hybridized carbons (Fsp3) is 0.962. The molecule has 0 aromatic rings. The third kappa shape index (κ3) is 40.7. The fourth-order valence-corrected chi connectivity index (χ4v) is 8.57. The molecule has 0 aliphatic heterocycles. The Hall–Kier alpha value is -1.14. The van der Waals surface area contributed by atoms with Gasteiger partial charge in [-0.2, -0.15) is 0 Å². The summed E-state index contributed by atoms with van der Waals surface area (Å²) in [6, 6.07) is 0. The highest BCUT2D eigenvalue weighted by atomic mass is 16.5. The number of rotatable bonds is 49. The van der Waals surface area contributed by atoms with Crippen molar-refractivity contribution < 1.29 is 24.2 Å². The molecule has 0 fully saturated rings. The highest BCUT2D eigenvalue weighted by Gasteiger charge is 2.20. The summed E-state index contributed by atoms with van der Waals surface area (Å²) >= 11 is 0. The maximum atomic E-state index is 13.0. The number of hydrogen-bond donors (Lipinski definition) is 1. The molecule has 0 aromatic heterocycles. The topological polar surface area (TPSA) is 76.1 Å². The van der Waals surface area contributed by atoms with E-state index >= 15 is 0 Å². The van der Waals surface area contributed by atoms with Crippen LogP contribution in [0.15, 0.2) is 0 Å². The van der Waals surface area contributed by atoms with E-state index < -0.39 is 0 Å². The number of nitrogens with zero attached hydrogens (tertiary/aromatic N) is 1. The van der Waals surface area contributed by atoms with Gasteiger partial charge in [-0.05, 0) is 90.3 Å². The Kier molecular flexibility index (Phi) is 47.0. The highest BCUT2D eigenvalue weighted by Crippen LogP contribution is 2.22. The first-order valence-corrected chi connectivity index (χ1v) is 26.7. The van der Waals surface area contributed by atoms with Gasteiger partial charge in [0, 0.05) is 6.61 Å². The van der Waals surface area contributed by atoms with Gasteiger partial charge in [0.1, 0.15) is 0 Å². The zero-order valence-corrected chi connectivity index (χ0v) is 40.5. The zero-order chi connectivity index (χ0) is 43.1. The van der Waals surface area contributed by atoms with E-state index in [4.69, 9.17) is 9.47 Å². The molecular formula is C53H105NO5. The molecule has 0 bridgehead atoms. The molecular weight excluding hydrogens is 731 g/mol. The Labute approximate surface area is 369 Å². The standard InChI is InChI=1S/C53H105NO5/c1-5-9-13-17-23-32-42-50(40-30-15-11-7-3)52(56)58-48-38-27-21-19-25-34-44-54(46-36-29-37-47-55)45-35-26-20-22-28-39-49-59-53(57)51(41-31-16-12-8-4)43-33-24-18-14-10-6-2/h50-51,55H,5-49H2,1-4H3. The molecule has 0 rings (SSSR count). The number of carbonyl (C=O) groups is 2. The van der Waals surface area contributed by atoms with Crippen LogP contribution in [0, 0.1) is 11.8 Å². The Balaban J connectivity index is 4.26. The van der Waals surface area contributed by atoms with Gasteiger partial charge in [0.05, 0.1) is 25.0 Å². The van der Waals surface area contributed by atoms with Crippen molar-refractivity contribution in [2.75, 3.05) is 39.5 Å². The van der Waals surface area contributed by atoms with Crippen LogP contribution in [0.2, 0.25) is 0 Å².